The van der Waals surface area contributed by atoms with Crippen molar-refractivity contribution in [3.05, 3.63) is 48.0 Å². The fraction of sp³-hybridized carbons (Fsp3) is 0.214. The van der Waals surface area contributed by atoms with Crippen LogP contribution in [0.4, 0.5) is 4.79 Å². The van der Waals surface area contributed by atoms with Gasteiger partial charge in [0, 0.05) is 12.2 Å². The Morgan fingerprint density at radius 3 is 2.38 bits per heavy atom. The number of rotatable bonds is 6. The summed E-state index contributed by atoms with van der Waals surface area (Å²) in [6, 6.07) is 9.12. The third-order valence-electron chi connectivity index (χ3n) is 2.20. The molecular weight excluding hydrogens is 278 g/mol. The maximum Gasteiger partial charge on any atom is 0.410 e. The van der Waals surface area contributed by atoms with E-state index in [1.165, 1.54) is 7.11 Å². The molecule has 1 rings (SSSR count). The molecule has 0 unspecified atom stereocenters. The summed E-state index contributed by atoms with van der Waals surface area (Å²) >= 11 is 0. The fourth-order valence-electron chi connectivity index (χ4n) is 1.19. The molecule has 0 fully saturated rings. The van der Waals surface area contributed by atoms with Crippen molar-refractivity contribution in [2.24, 2.45) is 0 Å². The molecule has 0 aliphatic rings. The first kappa shape index (κ1) is 16.2. The molecule has 1 aromatic rings. The molecule has 0 radical (unpaired) electrons. The molecule has 7 nitrogen and oxygen atoms in total. The highest BCUT2D eigenvalue weighted by atomic mass is 16.6. The molecule has 0 aliphatic carbocycles. The van der Waals surface area contributed by atoms with Crippen LogP contribution in [0.5, 0.6) is 0 Å². The second-order valence-corrected chi connectivity index (χ2v) is 3.70. The van der Waals surface area contributed by atoms with Gasteiger partial charge in [-0.15, -0.1) is 0 Å². The lowest BCUT2D eigenvalue weighted by atomic mass is 10.2. The second-order valence-electron chi connectivity index (χ2n) is 3.70. The minimum Gasteiger partial charge on any atom is -0.466 e. The third kappa shape index (κ3) is 7.36. The highest BCUT2D eigenvalue weighted by molar-refractivity contribution is 5.91. The molecule has 112 valence electrons. The van der Waals surface area contributed by atoms with Gasteiger partial charge in [0.2, 0.25) is 0 Å². The van der Waals surface area contributed by atoms with Gasteiger partial charge in [0.1, 0.15) is 6.61 Å². The van der Waals surface area contributed by atoms with Gasteiger partial charge in [-0.2, -0.15) is 0 Å². The minimum atomic E-state index is -0.788. The number of alkyl carbamates (subject to hydrolysis) is 1. The van der Waals surface area contributed by atoms with Gasteiger partial charge in [-0.1, -0.05) is 30.3 Å². The van der Waals surface area contributed by atoms with Crippen LogP contribution in [0, 0.1) is 0 Å². The largest absolute Gasteiger partial charge is 0.466 e. The summed E-state index contributed by atoms with van der Waals surface area (Å²) in [5.41, 5.74) is 0.839. The summed E-state index contributed by atoms with van der Waals surface area (Å²) < 4.78 is 13.8. The van der Waals surface area contributed by atoms with Crippen LogP contribution in [-0.4, -0.2) is 31.9 Å². The van der Waals surface area contributed by atoms with Gasteiger partial charge in [0.05, 0.1) is 7.11 Å². The first-order valence-corrected chi connectivity index (χ1v) is 5.99. The zero-order chi connectivity index (χ0) is 15.5. The Morgan fingerprint density at radius 2 is 1.71 bits per heavy atom. The molecule has 7 heteroatoms. The second kappa shape index (κ2) is 9.13. The van der Waals surface area contributed by atoms with Crippen molar-refractivity contribution in [3.8, 4) is 0 Å². The van der Waals surface area contributed by atoms with Crippen LogP contribution in [0.1, 0.15) is 5.56 Å². The molecule has 0 atom stereocenters. The van der Waals surface area contributed by atoms with Crippen molar-refractivity contribution >= 4 is 18.0 Å². The lowest BCUT2D eigenvalue weighted by molar-refractivity contribution is -0.139. The Hall–Kier alpha value is -2.83. The Balaban J connectivity index is 2.17. The van der Waals surface area contributed by atoms with E-state index in [2.05, 4.69) is 14.8 Å². The number of ether oxygens (including phenoxy) is 3. The quantitative estimate of drug-likeness (QED) is 0.366. The fourth-order valence-corrected chi connectivity index (χ4v) is 1.19. The average molecular weight is 293 g/mol. The SMILES string of the molecule is COC(=O)/C=C/C(=O)OCNC(=O)OCc1ccccc1. The van der Waals surface area contributed by atoms with E-state index in [1.807, 2.05) is 30.3 Å². The summed E-state index contributed by atoms with van der Waals surface area (Å²) in [5, 5.41) is 2.23. The van der Waals surface area contributed by atoms with E-state index in [1.54, 1.807) is 0 Å². The van der Waals surface area contributed by atoms with Gasteiger partial charge < -0.3 is 14.2 Å². The highest BCUT2D eigenvalue weighted by Gasteiger charge is 2.04. The molecule has 1 amide bonds. The number of esters is 2. The van der Waals surface area contributed by atoms with E-state index >= 15 is 0 Å². The lowest BCUT2D eigenvalue weighted by Crippen LogP contribution is -2.27. The molecular formula is C14H15NO6. The lowest BCUT2D eigenvalue weighted by Gasteiger charge is -2.06. The monoisotopic (exact) mass is 293 g/mol. The molecule has 0 spiro atoms. The Morgan fingerprint density at radius 1 is 1.05 bits per heavy atom. The van der Waals surface area contributed by atoms with Gasteiger partial charge in [-0.3, -0.25) is 5.32 Å². The molecule has 0 heterocycles. The van der Waals surface area contributed by atoms with Crippen molar-refractivity contribution in [1.82, 2.24) is 5.32 Å². The third-order valence-corrected chi connectivity index (χ3v) is 2.20. The molecule has 0 aromatic heterocycles. The zero-order valence-electron chi connectivity index (χ0n) is 11.4. The van der Waals surface area contributed by atoms with Gasteiger partial charge in [0.15, 0.2) is 6.73 Å². The Kier molecular flexibility index (Phi) is 7.06. The maximum atomic E-state index is 11.3. The van der Waals surface area contributed by atoms with Gasteiger partial charge in [0.25, 0.3) is 0 Å². The average Bonchev–Trinajstić information content (AvgIpc) is 2.51. The zero-order valence-corrected chi connectivity index (χ0v) is 11.4. The smallest absolute Gasteiger partial charge is 0.410 e. The number of carbonyl (C=O) groups is 3. The summed E-state index contributed by atoms with van der Waals surface area (Å²) in [5.74, 6) is -1.47. The topological polar surface area (TPSA) is 90.9 Å². The summed E-state index contributed by atoms with van der Waals surface area (Å²) in [7, 11) is 1.18. The Bertz CT molecular complexity index is 511. The van der Waals surface area contributed by atoms with Crippen LogP contribution < -0.4 is 5.32 Å². The number of nitrogens with one attached hydrogen (secondary N) is 1. The molecule has 0 saturated heterocycles. The number of carbonyl (C=O) groups excluding carboxylic acids is 3. The summed E-state index contributed by atoms with van der Waals surface area (Å²) in [6.45, 7) is -0.249. The van der Waals surface area contributed by atoms with E-state index in [-0.39, 0.29) is 13.3 Å². The van der Waals surface area contributed by atoms with E-state index in [9.17, 15) is 14.4 Å². The van der Waals surface area contributed by atoms with E-state index in [0.29, 0.717) is 0 Å². The molecule has 0 bridgehead atoms. The molecule has 21 heavy (non-hydrogen) atoms. The first-order valence-electron chi connectivity index (χ1n) is 5.99. The van der Waals surface area contributed by atoms with E-state index in [4.69, 9.17) is 4.74 Å². The predicted molar refractivity (Wildman–Crippen MR) is 71.9 cm³/mol. The van der Waals surface area contributed by atoms with Crippen molar-refractivity contribution in [1.29, 1.82) is 0 Å². The summed E-state index contributed by atoms with van der Waals surface area (Å²) in [4.78, 5) is 33.1. The number of hydrogen-bond donors (Lipinski definition) is 1. The van der Waals surface area contributed by atoms with Crippen LogP contribution in [0.15, 0.2) is 42.5 Å². The number of hydrogen-bond acceptors (Lipinski definition) is 6. The van der Waals surface area contributed by atoms with Crippen molar-refractivity contribution < 1.29 is 28.6 Å². The van der Waals surface area contributed by atoms with Crippen molar-refractivity contribution in [2.75, 3.05) is 13.8 Å². The summed E-state index contributed by atoms with van der Waals surface area (Å²) in [6.07, 6.45) is 1.09. The van der Waals surface area contributed by atoms with Gasteiger partial charge in [-0.25, -0.2) is 14.4 Å². The normalized spacial score (nSPS) is 9.95. The van der Waals surface area contributed by atoms with Crippen molar-refractivity contribution in [2.45, 2.75) is 6.61 Å². The Labute approximate surface area is 121 Å². The molecule has 1 N–H and O–H groups in total. The van der Waals surface area contributed by atoms with Crippen LogP contribution in [-0.2, 0) is 30.4 Å². The predicted octanol–water partition coefficient (Wildman–Crippen LogP) is 1.14. The maximum absolute atomic E-state index is 11.3. The molecule has 0 aliphatic heterocycles. The van der Waals surface area contributed by atoms with E-state index < -0.39 is 18.0 Å². The molecule has 0 saturated carbocycles. The molecule has 1 aromatic carbocycles. The van der Waals surface area contributed by atoms with Crippen LogP contribution in [0.3, 0.4) is 0 Å². The standard InChI is InChI=1S/C14H15NO6/c1-19-12(16)7-8-13(17)21-10-15-14(18)20-9-11-5-3-2-4-6-11/h2-8H,9-10H2,1H3,(H,15,18)/b8-7+. The minimum absolute atomic E-state index is 0.114. The van der Waals surface area contributed by atoms with Crippen LogP contribution in [0.2, 0.25) is 0 Å². The van der Waals surface area contributed by atoms with Crippen molar-refractivity contribution in [3.63, 3.8) is 0 Å². The number of methoxy groups -OCH3 is 1. The number of benzene rings is 1. The number of amides is 1. The van der Waals surface area contributed by atoms with E-state index in [0.717, 1.165) is 17.7 Å². The first-order chi connectivity index (χ1) is 10.1. The van der Waals surface area contributed by atoms with Gasteiger partial charge >= 0.3 is 18.0 Å². The van der Waals surface area contributed by atoms with Crippen LogP contribution >= 0.6 is 0 Å². The highest BCUT2D eigenvalue weighted by Crippen LogP contribution is 2.00. The van der Waals surface area contributed by atoms with Gasteiger partial charge in [-0.05, 0) is 5.56 Å². The van der Waals surface area contributed by atoms with Crippen LogP contribution in [0.25, 0.3) is 0 Å².